The fraction of sp³-hybridized carbons (Fsp3) is 0.417. The van der Waals surface area contributed by atoms with Gasteiger partial charge in [-0.25, -0.2) is 4.79 Å². The van der Waals surface area contributed by atoms with Crippen LogP contribution in [0.1, 0.15) is 13.8 Å². The smallest absolute Gasteiger partial charge is 0.411 e. The van der Waals surface area contributed by atoms with Crippen molar-refractivity contribution < 1.29 is 9.53 Å². The van der Waals surface area contributed by atoms with Gasteiger partial charge in [-0.3, -0.25) is 5.32 Å². The van der Waals surface area contributed by atoms with Crippen molar-refractivity contribution in [2.75, 3.05) is 30.4 Å². The molecule has 0 aliphatic heterocycles. The first-order valence-corrected chi connectivity index (χ1v) is 5.41. The Bertz CT molecular complexity index is 349. The van der Waals surface area contributed by atoms with Crippen LogP contribution in [0, 0.1) is 0 Å². The number of hydrogen-bond donors (Lipinski definition) is 1. The van der Waals surface area contributed by atoms with Crippen LogP contribution >= 0.6 is 0 Å². The number of methoxy groups -OCH3 is 1. The lowest BCUT2D eigenvalue weighted by atomic mass is 10.2. The molecular weight excluding hydrogens is 204 g/mol. The van der Waals surface area contributed by atoms with Crippen LogP contribution < -0.4 is 10.2 Å². The Morgan fingerprint density at radius 2 is 2.06 bits per heavy atom. The number of nitrogens with one attached hydrogen (secondary N) is 1. The molecule has 1 aromatic rings. The Labute approximate surface area is 96.2 Å². The summed E-state index contributed by atoms with van der Waals surface area (Å²) in [4.78, 5) is 13.3. The van der Waals surface area contributed by atoms with Crippen LogP contribution in [0.2, 0.25) is 0 Å². The third-order valence-electron chi connectivity index (χ3n) is 2.41. The largest absolute Gasteiger partial charge is 0.453 e. The van der Waals surface area contributed by atoms with Gasteiger partial charge in [0.1, 0.15) is 0 Å². The Morgan fingerprint density at radius 1 is 1.38 bits per heavy atom. The monoisotopic (exact) mass is 222 g/mol. The van der Waals surface area contributed by atoms with Gasteiger partial charge in [-0.2, -0.15) is 0 Å². The average molecular weight is 222 g/mol. The molecule has 4 heteroatoms. The van der Waals surface area contributed by atoms with Crippen LogP contribution in [0.15, 0.2) is 24.3 Å². The van der Waals surface area contributed by atoms with E-state index >= 15 is 0 Å². The summed E-state index contributed by atoms with van der Waals surface area (Å²) in [6.45, 7) is 6.09. The van der Waals surface area contributed by atoms with Crippen LogP contribution in [0.4, 0.5) is 16.2 Å². The molecule has 0 saturated carbocycles. The van der Waals surface area contributed by atoms with E-state index in [1.54, 1.807) is 0 Å². The third-order valence-corrected chi connectivity index (χ3v) is 2.41. The van der Waals surface area contributed by atoms with Gasteiger partial charge >= 0.3 is 6.09 Å². The molecule has 1 aromatic carbocycles. The first-order chi connectivity index (χ1) is 7.71. The lowest BCUT2D eigenvalue weighted by molar-refractivity contribution is 0.187. The maximum atomic E-state index is 11.1. The fourth-order valence-corrected chi connectivity index (χ4v) is 1.54. The molecule has 0 radical (unpaired) electrons. The summed E-state index contributed by atoms with van der Waals surface area (Å²) in [5, 5.41) is 2.65. The maximum Gasteiger partial charge on any atom is 0.411 e. The Morgan fingerprint density at radius 3 is 2.62 bits per heavy atom. The lowest BCUT2D eigenvalue weighted by Crippen LogP contribution is -2.22. The molecule has 0 atom stereocenters. The van der Waals surface area contributed by atoms with E-state index in [4.69, 9.17) is 0 Å². The molecule has 1 amide bonds. The summed E-state index contributed by atoms with van der Waals surface area (Å²) in [7, 11) is 1.35. The van der Waals surface area contributed by atoms with E-state index in [1.807, 2.05) is 24.3 Å². The predicted octanol–water partition coefficient (Wildman–Crippen LogP) is 2.71. The number of rotatable bonds is 4. The highest BCUT2D eigenvalue weighted by molar-refractivity contribution is 5.85. The van der Waals surface area contributed by atoms with E-state index in [0.717, 1.165) is 24.5 Å². The minimum Gasteiger partial charge on any atom is -0.453 e. The summed E-state index contributed by atoms with van der Waals surface area (Å²) >= 11 is 0. The van der Waals surface area contributed by atoms with Crippen molar-refractivity contribution in [2.24, 2.45) is 0 Å². The zero-order chi connectivity index (χ0) is 12.0. The van der Waals surface area contributed by atoms with E-state index < -0.39 is 6.09 Å². The molecule has 1 N–H and O–H groups in total. The summed E-state index contributed by atoms with van der Waals surface area (Å²) in [6.07, 6.45) is -0.448. The topological polar surface area (TPSA) is 41.6 Å². The van der Waals surface area contributed by atoms with Crippen LogP contribution in [-0.2, 0) is 4.74 Å². The molecule has 0 aromatic heterocycles. The summed E-state index contributed by atoms with van der Waals surface area (Å²) < 4.78 is 4.54. The molecule has 88 valence electrons. The third kappa shape index (κ3) is 3.15. The fourth-order valence-electron chi connectivity index (χ4n) is 1.54. The molecule has 0 bridgehead atoms. The molecule has 0 saturated heterocycles. The van der Waals surface area contributed by atoms with Gasteiger partial charge in [-0.1, -0.05) is 6.07 Å². The number of benzene rings is 1. The number of hydrogen-bond acceptors (Lipinski definition) is 3. The molecule has 0 fully saturated rings. The van der Waals surface area contributed by atoms with Crippen molar-refractivity contribution in [3.05, 3.63) is 24.3 Å². The second kappa shape index (κ2) is 6.00. The van der Waals surface area contributed by atoms with Crippen LogP contribution in [-0.4, -0.2) is 26.3 Å². The van der Waals surface area contributed by atoms with Crippen LogP contribution in [0.25, 0.3) is 0 Å². The van der Waals surface area contributed by atoms with E-state index in [9.17, 15) is 4.79 Å². The van der Waals surface area contributed by atoms with Gasteiger partial charge in [-0.15, -0.1) is 0 Å². The maximum absolute atomic E-state index is 11.1. The first kappa shape index (κ1) is 12.4. The molecule has 1 rings (SSSR count). The van der Waals surface area contributed by atoms with E-state index in [1.165, 1.54) is 7.11 Å². The zero-order valence-electron chi connectivity index (χ0n) is 9.99. The molecule has 16 heavy (non-hydrogen) atoms. The molecule has 0 aliphatic rings. The highest BCUT2D eigenvalue weighted by atomic mass is 16.5. The Kier molecular flexibility index (Phi) is 4.64. The highest BCUT2D eigenvalue weighted by Gasteiger charge is 2.04. The Hall–Kier alpha value is -1.71. The normalized spacial score (nSPS) is 9.69. The number of carbonyl (C=O) groups is 1. The van der Waals surface area contributed by atoms with Gasteiger partial charge in [0.2, 0.25) is 0 Å². The van der Waals surface area contributed by atoms with Gasteiger partial charge in [0, 0.05) is 24.5 Å². The number of anilines is 2. The van der Waals surface area contributed by atoms with Gasteiger partial charge in [-0.05, 0) is 32.0 Å². The SMILES string of the molecule is CCN(CC)c1cccc(NC(=O)OC)c1. The van der Waals surface area contributed by atoms with Crippen molar-refractivity contribution in [2.45, 2.75) is 13.8 Å². The van der Waals surface area contributed by atoms with Gasteiger partial charge in [0.15, 0.2) is 0 Å². The molecule has 0 unspecified atom stereocenters. The lowest BCUT2D eigenvalue weighted by Gasteiger charge is -2.21. The van der Waals surface area contributed by atoms with Crippen LogP contribution in [0.3, 0.4) is 0 Å². The van der Waals surface area contributed by atoms with E-state index in [-0.39, 0.29) is 0 Å². The number of amides is 1. The van der Waals surface area contributed by atoms with Gasteiger partial charge in [0.05, 0.1) is 7.11 Å². The van der Waals surface area contributed by atoms with Crippen molar-refractivity contribution >= 4 is 17.5 Å². The number of carbonyl (C=O) groups excluding carboxylic acids is 1. The Balaban J connectivity index is 2.81. The minimum atomic E-state index is -0.448. The van der Waals surface area contributed by atoms with Gasteiger partial charge in [0.25, 0.3) is 0 Å². The van der Waals surface area contributed by atoms with Crippen molar-refractivity contribution in [1.29, 1.82) is 0 Å². The summed E-state index contributed by atoms with van der Waals surface area (Å²) in [5.41, 5.74) is 1.84. The van der Waals surface area contributed by atoms with E-state index in [0.29, 0.717) is 0 Å². The van der Waals surface area contributed by atoms with Crippen molar-refractivity contribution in [3.8, 4) is 0 Å². The quantitative estimate of drug-likeness (QED) is 0.851. The van der Waals surface area contributed by atoms with Gasteiger partial charge < -0.3 is 9.64 Å². The molecule has 0 spiro atoms. The second-order valence-corrected chi connectivity index (χ2v) is 3.34. The average Bonchev–Trinajstić information content (AvgIpc) is 2.31. The molecular formula is C12H18N2O2. The number of nitrogens with zero attached hydrogens (tertiary/aromatic N) is 1. The van der Waals surface area contributed by atoms with Crippen molar-refractivity contribution in [1.82, 2.24) is 0 Å². The summed E-state index contributed by atoms with van der Waals surface area (Å²) in [6, 6.07) is 7.71. The second-order valence-electron chi connectivity index (χ2n) is 3.34. The predicted molar refractivity (Wildman–Crippen MR) is 66.0 cm³/mol. The van der Waals surface area contributed by atoms with E-state index in [2.05, 4.69) is 28.8 Å². The number of ether oxygens (including phenoxy) is 1. The molecule has 4 nitrogen and oxygen atoms in total. The standard InChI is InChI=1S/C12H18N2O2/c1-4-14(5-2)11-8-6-7-10(9-11)13-12(15)16-3/h6-9H,4-5H2,1-3H3,(H,13,15). The first-order valence-electron chi connectivity index (χ1n) is 5.41. The van der Waals surface area contributed by atoms with Crippen LogP contribution in [0.5, 0.6) is 0 Å². The minimum absolute atomic E-state index is 0.448. The molecule has 0 heterocycles. The summed E-state index contributed by atoms with van der Waals surface area (Å²) in [5.74, 6) is 0. The van der Waals surface area contributed by atoms with Crippen molar-refractivity contribution in [3.63, 3.8) is 0 Å². The molecule has 0 aliphatic carbocycles. The zero-order valence-corrected chi connectivity index (χ0v) is 9.99. The highest BCUT2D eigenvalue weighted by Crippen LogP contribution is 2.19.